The standard InChI is InChI=1S/C29H21BrINO6/c1-38-23-9-2-13(10-21(23)33)24-16-7-8-17-25(18(16)11-19-26(24)22(34)12-20(30)27(19)35)29(37)32(28(17)36)15-5-3-14(31)4-6-15/h2-7,9-10,12,17-18,24-25,33H,8,11H2,1H3. The van der Waals surface area contributed by atoms with Gasteiger partial charge >= 0.3 is 0 Å². The van der Waals surface area contributed by atoms with Crippen molar-refractivity contribution in [1.29, 1.82) is 0 Å². The van der Waals surface area contributed by atoms with Crippen LogP contribution in [0.15, 0.2) is 75.8 Å². The molecule has 2 aromatic carbocycles. The molecule has 1 heterocycles. The number of amides is 2. The predicted octanol–water partition coefficient (Wildman–Crippen LogP) is 4.97. The van der Waals surface area contributed by atoms with Gasteiger partial charge in [-0.25, -0.2) is 0 Å². The minimum absolute atomic E-state index is 0.0909. The maximum absolute atomic E-state index is 13.9. The lowest BCUT2D eigenvalue weighted by atomic mass is 9.59. The Labute approximate surface area is 240 Å². The van der Waals surface area contributed by atoms with E-state index in [1.54, 1.807) is 24.3 Å². The lowest BCUT2D eigenvalue weighted by molar-refractivity contribution is -0.123. The molecule has 192 valence electrons. The Balaban J connectivity index is 1.48. The minimum atomic E-state index is -0.655. The summed E-state index contributed by atoms with van der Waals surface area (Å²) in [7, 11) is 1.45. The molecule has 0 aromatic heterocycles. The van der Waals surface area contributed by atoms with E-state index in [1.807, 2.05) is 18.2 Å². The van der Waals surface area contributed by atoms with E-state index in [-0.39, 0.29) is 45.8 Å². The number of allylic oxidation sites excluding steroid dienone is 6. The molecule has 0 spiro atoms. The van der Waals surface area contributed by atoms with Crippen LogP contribution in [0.4, 0.5) is 5.69 Å². The van der Waals surface area contributed by atoms with Crippen LogP contribution in [0.3, 0.4) is 0 Å². The number of imide groups is 1. The lowest BCUT2D eigenvalue weighted by Crippen LogP contribution is -2.39. The molecule has 9 heteroatoms. The molecule has 3 aliphatic carbocycles. The Morgan fingerprint density at radius 1 is 1.03 bits per heavy atom. The summed E-state index contributed by atoms with van der Waals surface area (Å²) in [5.74, 6) is -3.21. The van der Waals surface area contributed by atoms with Crippen molar-refractivity contribution in [3.8, 4) is 11.5 Å². The van der Waals surface area contributed by atoms with Crippen LogP contribution in [-0.4, -0.2) is 35.6 Å². The SMILES string of the molecule is COc1ccc(C2C3=CCC4C(=O)N(c5ccc(I)cc5)C(=O)C4C3CC3=C2C(=O)C=C(Br)C3=O)cc1O. The number of carbonyl (C=O) groups excluding carboxylic acids is 4. The summed E-state index contributed by atoms with van der Waals surface area (Å²) in [5.41, 5.74) is 2.67. The van der Waals surface area contributed by atoms with Crippen molar-refractivity contribution in [2.75, 3.05) is 12.0 Å². The monoisotopic (exact) mass is 685 g/mol. The van der Waals surface area contributed by atoms with Gasteiger partial charge in [0.1, 0.15) is 0 Å². The number of fused-ring (bicyclic) bond motifs is 3. The van der Waals surface area contributed by atoms with E-state index >= 15 is 0 Å². The number of methoxy groups -OCH3 is 1. The third kappa shape index (κ3) is 3.73. The van der Waals surface area contributed by atoms with Crippen molar-refractivity contribution in [3.05, 3.63) is 85.0 Å². The van der Waals surface area contributed by atoms with Crippen LogP contribution < -0.4 is 9.64 Å². The van der Waals surface area contributed by atoms with Gasteiger partial charge in [-0.15, -0.1) is 0 Å². The maximum Gasteiger partial charge on any atom is 0.238 e. The van der Waals surface area contributed by atoms with Crippen molar-refractivity contribution < 1.29 is 29.0 Å². The van der Waals surface area contributed by atoms with Gasteiger partial charge < -0.3 is 9.84 Å². The molecular formula is C29H21BrINO6. The normalized spacial score (nSPS) is 26.6. The number of anilines is 1. The zero-order valence-corrected chi connectivity index (χ0v) is 23.9. The number of ketones is 2. The molecule has 0 saturated carbocycles. The maximum atomic E-state index is 13.9. The zero-order chi connectivity index (χ0) is 26.9. The fourth-order valence-corrected chi connectivity index (χ4v) is 7.12. The van der Waals surface area contributed by atoms with Gasteiger partial charge in [0.15, 0.2) is 23.1 Å². The van der Waals surface area contributed by atoms with Crippen LogP contribution in [0.2, 0.25) is 0 Å². The second-order valence-electron chi connectivity index (χ2n) is 9.81. The number of aromatic hydroxyl groups is 1. The van der Waals surface area contributed by atoms with Crippen molar-refractivity contribution >= 4 is 67.6 Å². The summed E-state index contributed by atoms with van der Waals surface area (Å²) >= 11 is 5.40. The highest BCUT2D eigenvalue weighted by Gasteiger charge is 2.56. The van der Waals surface area contributed by atoms with Gasteiger partial charge in [0.25, 0.3) is 0 Å². The zero-order valence-electron chi connectivity index (χ0n) is 20.1. The first kappa shape index (κ1) is 25.2. The van der Waals surface area contributed by atoms with E-state index < -0.39 is 23.7 Å². The number of carbonyl (C=O) groups is 4. The number of benzene rings is 2. The average molecular weight is 686 g/mol. The molecule has 7 nitrogen and oxygen atoms in total. The molecule has 1 N–H and O–H groups in total. The van der Waals surface area contributed by atoms with Gasteiger partial charge in [0.2, 0.25) is 11.8 Å². The van der Waals surface area contributed by atoms with Crippen LogP contribution in [-0.2, 0) is 19.2 Å². The van der Waals surface area contributed by atoms with Crippen LogP contribution in [0.25, 0.3) is 0 Å². The number of hydrogen-bond acceptors (Lipinski definition) is 6. The molecule has 0 bridgehead atoms. The number of ether oxygens (including phenoxy) is 1. The third-order valence-corrected chi connectivity index (χ3v) is 9.26. The van der Waals surface area contributed by atoms with Gasteiger partial charge in [-0.3, -0.25) is 24.1 Å². The number of halogens is 2. The fraction of sp³-hybridized carbons (Fsp3) is 0.241. The number of phenols is 1. The fourth-order valence-electron chi connectivity index (χ4n) is 6.32. The van der Waals surface area contributed by atoms with Crippen LogP contribution in [0.5, 0.6) is 11.5 Å². The summed E-state index contributed by atoms with van der Waals surface area (Å²) in [6.45, 7) is 0. The molecule has 6 rings (SSSR count). The number of hydrogen-bond donors (Lipinski definition) is 1. The van der Waals surface area contributed by atoms with Crippen LogP contribution in [0, 0.1) is 21.3 Å². The van der Waals surface area contributed by atoms with Crippen LogP contribution in [0.1, 0.15) is 24.3 Å². The largest absolute Gasteiger partial charge is 0.504 e. The van der Waals surface area contributed by atoms with Crippen molar-refractivity contribution in [1.82, 2.24) is 0 Å². The molecule has 1 fully saturated rings. The summed E-state index contributed by atoms with van der Waals surface area (Å²) in [6, 6.07) is 12.1. The minimum Gasteiger partial charge on any atom is -0.504 e. The number of rotatable bonds is 3. The van der Waals surface area contributed by atoms with E-state index in [0.29, 0.717) is 28.8 Å². The Morgan fingerprint density at radius 3 is 2.45 bits per heavy atom. The molecule has 0 radical (unpaired) electrons. The van der Waals surface area contributed by atoms with Crippen molar-refractivity contribution in [2.24, 2.45) is 17.8 Å². The Hall–Kier alpha value is -3.05. The van der Waals surface area contributed by atoms with E-state index in [1.165, 1.54) is 24.2 Å². The second-order valence-corrected chi connectivity index (χ2v) is 11.9. The van der Waals surface area contributed by atoms with Gasteiger partial charge in [0, 0.05) is 26.7 Å². The van der Waals surface area contributed by atoms with Gasteiger partial charge in [-0.2, -0.15) is 0 Å². The highest BCUT2D eigenvalue weighted by atomic mass is 127. The smallest absolute Gasteiger partial charge is 0.238 e. The first-order valence-electron chi connectivity index (χ1n) is 12.1. The highest BCUT2D eigenvalue weighted by molar-refractivity contribution is 14.1. The Kier molecular flexibility index (Phi) is 6.18. The molecule has 4 unspecified atom stereocenters. The van der Waals surface area contributed by atoms with Crippen molar-refractivity contribution in [3.63, 3.8) is 0 Å². The molecule has 38 heavy (non-hydrogen) atoms. The molecule has 1 aliphatic heterocycles. The Bertz CT molecular complexity index is 1540. The predicted molar refractivity (Wildman–Crippen MR) is 151 cm³/mol. The van der Waals surface area contributed by atoms with E-state index in [9.17, 15) is 24.3 Å². The van der Waals surface area contributed by atoms with E-state index in [2.05, 4.69) is 38.5 Å². The molecule has 4 aliphatic rings. The molecule has 2 amide bonds. The molecule has 2 aromatic rings. The van der Waals surface area contributed by atoms with E-state index in [0.717, 1.165) is 9.14 Å². The first-order valence-corrected chi connectivity index (χ1v) is 14.0. The third-order valence-electron chi connectivity index (χ3n) is 7.95. The van der Waals surface area contributed by atoms with E-state index in [4.69, 9.17) is 4.74 Å². The summed E-state index contributed by atoms with van der Waals surface area (Å²) in [4.78, 5) is 55.2. The molecular weight excluding hydrogens is 665 g/mol. The average Bonchev–Trinajstić information content (AvgIpc) is 3.16. The quantitative estimate of drug-likeness (QED) is 0.212. The van der Waals surface area contributed by atoms with Gasteiger partial charge in [0.05, 0.1) is 29.1 Å². The summed E-state index contributed by atoms with van der Waals surface area (Å²) in [6.07, 6.45) is 3.78. The molecule has 4 atom stereocenters. The van der Waals surface area contributed by atoms with Crippen molar-refractivity contribution in [2.45, 2.75) is 18.8 Å². The number of Topliss-reactive ketones (excluding diaryl/α,β-unsaturated/α-hetero) is 1. The first-order chi connectivity index (χ1) is 18.2. The lowest BCUT2D eigenvalue weighted by Gasteiger charge is -2.42. The number of nitrogens with zero attached hydrogens (tertiary/aromatic N) is 1. The van der Waals surface area contributed by atoms with Gasteiger partial charge in [-0.1, -0.05) is 17.7 Å². The number of phenolic OH excluding ortho intramolecular Hbond substituents is 1. The second kappa shape index (κ2) is 9.30. The Morgan fingerprint density at radius 2 is 1.76 bits per heavy atom. The van der Waals surface area contributed by atoms with Crippen LogP contribution >= 0.6 is 38.5 Å². The topological polar surface area (TPSA) is 101 Å². The highest BCUT2D eigenvalue weighted by Crippen LogP contribution is 2.56. The molecule has 1 saturated heterocycles. The summed E-state index contributed by atoms with van der Waals surface area (Å²) in [5, 5.41) is 10.5. The summed E-state index contributed by atoms with van der Waals surface area (Å²) < 4.78 is 6.36. The van der Waals surface area contributed by atoms with Gasteiger partial charge in [-0.05, 0) is 99.2 Å².